The topological polar surface area (TPSA) is 97.4 Å². The van der Waals surface area contributed by atoms with Gasteiger partial charge in [0.05, 0.1) is 5.71 Å². The van der Waals surface area contributed by atoms with Crippen LogP contribution in [0.3, 0.4) is 0 Å². The Morgan fingerprint density at radius 2 is 2.00 bits per heavy atom. The minimum Gasteiger partial charge on any atom is -0.488 e. The molecule has 1 aliphatic heterocycles. The van der Waals surface area contributed by atoms with E-state index in [4.69, 9.17) is 20.6 Å². The fourth-order valence-electron chi connectivity index (χ4n) is 2.04. The van der Waals surface area contributed by atoms with Crippen molar-refractivity contribution in [2.45, 2.75) is 18.9 Å². The van der Waals surface area contributed by atoms with Crippen LogP contribution < -0.4 is 15.8 Å². The molecule has 1 amide bonds. The van der Waals surface area contributed by atoms with Crippen LogP contribution in [0.2, 0.25) is 0 Å². The predicted molar refractivity (Wildman–Crippen MR) is 80.0 cm³/mol. The Morgan fingerprint density at radius 1 is 1.33 bits per heavy atom. The van der Waals surface area contributed by atoms with Crippen molar-refractivity contribution in [1.82, 2.24) is 5.32 Å². The Morgan fingerprint density at radius 3 is 2.62 bits per heavy atom. The summed E-state index contributed by atoms with van der Waals surface area (Å²) < 4.78 is 10.7. The quantitative estimate of drug-likeness (QED) is 0.680. The highest BCUT2D eigenvalue weighted by molar-refractivity contribution is 5.94. The zero-order chi connectivity index (χ0) is 15.1. The minimum absolute atomic E-state index is 0.0804. The van der Waals surface area contributed by atoms with Crippen LogP contribution in [-0.4, -0.2) is 44.0 Å². The van der Waals surface area contributed by atoms with Crippen molar-refractivity contribution >= 4 is 11.6 Å². The summed E-state index contributed by atoms with van der Waals surface area (Å²) in [5.41, 5.74) is 6.25. The van der Waals surface area contributed by atoms with Crippen LogP contribution >= 0.6 is 0 Å². The highest BCUT2D eigenvalue weighted by atomic mass is 16.5. The molecular weight excluding hydrogens is 270 g/mol. The van der Waals surface area contributed by atoms with Crippen molar-refractivity contribution in [3.63, 3.8) is 0 Å². The second-order valence-electron chi connectivity index (χ2n) is 4.98. The van der Waals surface area contributed by atoms with Crippen LogP contribution in [0.15, 0.2) is 24.3 Å². The number of nitrogens with one attached hydrogen (secondary N) is 2. The van der Waals surface area contributed by atoms with Crippen LogP contribution in [0.5, 0.6) is 5.75 Å². The summed E-state index contributed by atoms with van der Waals surface area (Å²) in [6.45, 7) is 1.76. The first-order valence-corrected chi connectivity index (χ1v) is 7.07. The normalized spacial score (nSPS) is 15.5. The lowest BCUT2D eigenvalue weighted by molar-refractivity contribution is 0.0696. The molecule has 6 heteroatoms. The average molecular weight is 291 g/mol. The van der Waals surface area contributed by atoms with Crippen LogP contribution in [0.4, 0.5) is 0 Å². The Hall–Kier alpha value is -1.92. The molecule has 4 N–H and O–H groups in total. The second-order valence-corrected chi connectivity index (χ2v) is 4.98. The van der Waals surface area contributed by atoms with E-state index in [1.54, 1.807) is 24.3 Å². The summed E-state index contributed by atoms with van der Waals surface area (Å²) in [6.07, 6.45) is 1.71. The molecule has 21 heavy (non-hydrogen) atoms. The van der Waals surface area contributed by atoms with Gasteiger partial charge in [0.15, 0.2) is 0 Å². The van der Waals surface area contributed by atoms with E-state index in [2.05, 4.69) is 5.32 Å². The van der Waals surface area contributed by atoms with E-state index in [1.165, 1.54) is 0 Å². The highest BCUT2D eigenvalue weighted by Crippen LogP contribution is 2.13. The van der Waals surface area contributed by atoms with Crippen molar-refractivity contribution in [3.05, 3.63) is 29.8 Å². The SMILES string of the molecule is N=C(CN)COc1ccc(C(=O)NC2CCOCC2)cc1. The molecule has 114 valence electrons. The Labute approximate surface area is 124 Å². The molecule has 0 radical (unpaired) electrons. The third kappa shape index (κ3) is 4.84. The van der Waals surface area contributed by atoms with E-state index in [-0.39, 0.29) is 25.1 Å². The molecule has 1 aromatic rings. The van der Waals surface area contributed by atoms with Crippen molar-refractivity contribution in [3.8, 4) is 5.75 Å². The molecule has 1 aromatic carbocycles. The molecule has 0 unspecified atom stereocenters. The number of hydrogen-bond donors (Lipinski definition) is 3. The summed E-state index contributed by atoms with van der Waals surface area (Å²) in [5, 5.41) is 10.4. The van der Waals surface area contributed by atoms with Crippen LogP contribution in [0.1, 0.15) is 23.2 Å². The summed E-state index contributed by atoms with van der Waals surface area (Å²) in [6, 6.07) is 7.07. The van der Waals surface area contributed by atoms with E-state index in [0.29, 0.717) is 30.2 Å². The highest BCUT2D eigenvalue weighted by Gasteiger charge is 2.16. The monoisotopic (exact) mass is 291 g/mol. The van der Waals surface area contributed by atoms with Gasteiger partial charge in [-0.05, 0) is 37.1 Å². The lowest BCUT2D eigenvalue weighted by Crippen LogP contribution is -2.38. The van der Waals surface area contributed by atoms with Crippen LogP contribution in [0.25, 0.3) is 0 Å². The molecule has 6 nitrogen and oxygen atoms in total. The summed E-state index contributed by atoms with van der Waals surface area (Å²) in [5.74, 6) is 0.541. The van der Waals surface area contributed by atoms with Gasteiger partial charge in [0.2, 0.25) is 0 Å². The molecule has 1 fully saturated rings. The lowest BCUT2D eigenvalue weighted by Gasteiger charge is -2.23. The third-order valence-electron chi connectivity index (χ3n) is 3.33. The molecule has 0 bridgehead atoms. The fourth-order valence-corrected chi connectivity index (χ4v) is 2.04. The minimum atomic E-state index is -0.0804. The fraction of sp³-hybridized carbons (Fsp3) is 0.467. The number of nitrogens with two attached hydrogens (primary N) is 1. The number of amides is 1. The molecule has 0 aromatic heterocycles. The Kier molecular flexibility index (Phi) is 5.71. The maximum absolute atomic E-state index is 12.1. The van der Waals surface area contributed by atoms with Gasteiger partial charge >= 0.3 is 0 Å². The van der Waals surface area contributed by atoms with E-state index in [1.807, 2.05) is 0 Å². The molecule has 2 rings (SSSR count). The molecule has 0 atom stereocenters. The maximum atomic E-state index is 12.1. The smallest absolute Gasteiger partial charge is 0.251 e. The van der Waals surface area contributed by atoms with Gasteiger partial charge in [-0.2, -0.15) is 0 Å². The zero-order valence-corrected chi connectivity index (χ0v) is 11.9. The third-order valence-corrected chi connectivity index (χ3v) is 3.33. The van der Waals surface area contributed by atoms with Crippen molar-refractivity contribution in [2.75, 3.05) is 26.4 Å². The first-order chi connectivity index (χ1) is 10.2. The van der Waals surface area contributed by atoms with Crippen molar-refractivity contribution in [1.29, 1.82) is 5.41 Å². The molecule has 0 saturated carbocycles. The maximum Gasteiger partial charge on any atom is 0.251 e. The average Bonchev–Trinajstić information content (AvgIpc) is 2.54. The predicted octanol–water partition coefficient (Wildman–Crippen LogP) is 0.953. The van der Waals surface area contributed by atoms with Crippen molar-refractivity contribution < 1.29 is 14.3 Å². The molecular formula is C15H21N3O3. The molecule has 1 aliphatic rings. The number of hydrogen-bond acceptors (Lipinski definition) is 5. The number of carbonyl (C=O) groups excluding carboxylic acids is 1. The Bertz CT molecular complexity index is 481. The first kappa shape index (κ1) is 15.5. The molecule has 1 saturated heterocycles. The number of rotatable bonds is 6. The standard InChI is InChI=1S/C15H21N3O3/c16-9-12(17)10-21-14-3-1-11(2-4-14)15(19)18-13-5-7-20-8-6-13/h1-4,13,17H,5-10,16H2,(H,18,19). The van der Waals surface area contributed by atoms with Gasteiger partial charge in [0, 0.05) is 31.4 Å². The molecule has 0 spiro atoms. The van der Waals surface area contributed by atoms with E-state index < -0.39 is 0 Å². The van der Waals surface area contributed by atoms with Crippen LogP contribution in [-0.2, 0) is 4.74 Å². The number of benzene rings is 1. The summed E-state index contributed by atoms with van der Waals surface area (Å²) >= 11 is 0. The molecule has 1 heterocycles. The summed E-state index contributed by atoms with van der Waals surface area (Å²) in [4.78, 5) is 12.1. The zero-order valence-electron chi connectivity index (χ0n) is 11.9. The lowest BCUT2D eigenvalue weighted by atomic mass is 10.1. The van der Waals surface area contributed by atoms with E-state index in [9.17, 15) is 4.79 Å². The van der Waals surface area contributed by atoms with Gasteiger partial charge in [-0.15, -0.1) is 0 Å². The van der Waals surface area contributed by atoms with Gasteiger partial charge < -0.3 is 25.9 Å². The summed E-state index contributed by atoms with van der Waals surface area (Å²) in [7, 11) is 0. The van der Waals surface area contributed by atoms with Crippen LogP contribution in [0, 0.1) is 5.41 Å². The first-order valence-electron chi connectivity index (χ1n) is 7.07. The van der Waals surface area contributed by atoms with Gasteiger partial charge in [-0.3, -0.25) is 4.79 Å². The van der Waals surface area contributed by atoms with Gasteiger partial charge in [-0.25, -0.2) is 0 Å². The van der Waals surface area contributed by atoms with Gasteiger partial charge in [0.1, 0.15) is 12.4 Å². The largest absolute Gasteiger partial charge is 0.488 e. The number of ether oxygens (including phenoxy) is 2. The molecule has 0 aliphatic carbocycles. The van der Waals surface area contributed by atoms with Gasteiger partial charge in [0.25, 0.3) is 5.91 Å². The van der Waals surface area contributed by atoms with Gasteiger partial charge in [-0.1, -0.05) is 0 Å². The van der Waals surface area contributed by atoms with E-state index in [0.717, 1.165) is 12.8 Å². The second kappa shape index (κ2) is 7.75. The Balaban J connectivity index is 1.85. The van der Waals surface area contributed by atoms with Crippen molar-refractivity contribution in [2.24, 2.45) is 5.73 Å². The van der Waals surface area contributed by atoms with E-state index >= 15 is 0 Å². The number of carbonyl (C=O) groups is 1.